The molecule has 2 aromatic heterocycles. The Bertz CT molecular complexity index is 477. The van der Waals surface area contributed by atoms with Gasteiger partial charge in [0.15, 0.2) is 0 Å². The van der Waals surface area contributed by atoms with Gasteiger partial charge in [0, 0.05) is 13.2 Å². The summed E-state index contributed by atoms with van der Waals surface area (Å²) in [5, 5.41) is 7.14. The second-order valence-corrected chi connectivity index (χ2v) is 3.67. The van der Waals surface area contributed by atoms with Crippen LogP contribution in [0.15, 0.2) is 12.3 Å². The summed E-state index contributed by atoms with van der Waals surface area (Å²) in [7, 11) is 1.85. The molecule has 0 fully saturated rings. The molecule has 0 aliphatic heterocycles. The Morgan fingerprint density at radius 3 is 2.50 bits per heavy atom. The Hall–Kier alpha value is -1.40. The third-order valence-electron chi connectivity index (χ3n) is 1.93. The van der Waals surface area contributed by atoms with Crippen molar-refractivity contribution in [1.29, 1.82) is 0 Å². The van der Waals surface area contributed by atoms with E-state index in [2.05, 4.69) is 25.4 Å². The van der Waals surface area contributed by atoms with E-state index in [1.807, 2.05) is 13.1 Å². The molecule has 1 N–H and O–H groups in total. The summed E-state index contributed by atoms with van der Waals surface area (Å²) in [6, 6.07) is 1.89. The zero-order valence-corrected chi connectivity index (χ0v) is 9.87. The molecule has 6 nitrogen and oxygen atoms in total. The SMILES string of the molecule is Cn1nccc1CNc1nc(Cl)nc(Cl)n1. The van der Waals surface area contributed by atoms with E-state index in [1.54, 1.807) is 10.9 Å². The smallest absolute Gasteiger partial charge is 0.228 e. The monoisotopic (exact) mass is 258 g/mol. The summed E-state index contributed by atoms with van der Waals surface area (Å²) in [5.41, 5.74) is 0.993. The highest BCUT2D eigenvalue weighted by Gasteiger charge is 2.04. The average Bonchev–Trinajstić information content (AvgIpc) is 2.59. The van der Waals surface area contributed by atoms with E-state index in [-0.39, 0.29) is 10.6 Å². The van der Waals surface area contributed by atoms with Gasteiger partial charge in [-0.25, -0.2) is 0 Å². The van der Waals surface area contributed by atoms with E-state index in [0.29, 0.717) is 12.5 Å². The van der Waals surface area contributed by atoms with Crippen molar-refractivity contribution in [3.63, 3.8) is 0 Å². The Morgan fingerprint density at radius 2 is 1.94 bits per heavy atom. The molecule has 16 heavy (non-hydrogen) atoms. The van der Waals surface area contributed by atoms with Crippen molar-refractivity contribution in [2.45, 2.75) is 6.54 Å². The lowest BCUT2D eigenvalue weighted by molar-refractivity contribution is 0.719. The minimum absolute atomic E-state index is 0.0625. The first-order chi connectivity index (χ1) is 7.65. The minimum atomic E-state index is 0.0625. The van der Waals surface area contributed by atoms with Crippen LogP contribution in [-0.2, 0) is 13.6 Å². The Morgan fingerprint density at radius 1 is 1.25 bits per heavy atom. The lowest BCUT2D eigenvalue weighted by atomic mass is 10.4. The second-order valence-electron chi connectivity index (χ2n) is 3.00. The first-order valence-corrected chi connectivity index (χ1v) is 5.18. The average molecular weight is 259 g/mol. The molecule has 0 aromatic carbocycles. The molecule has 0 aliphatic carbocycles. The van der Waals surface area contributed by atoms with Crippen LogP contribution in [0, 0.1) is 0 Å². The van der Waals surface area contributed by atoms with Gasteiger partial charge in [-0.05, 0) is 29.3 Å². The number of anilines is 1. The molecule has 8 heteroatoms. The summed E-state index contributed by atoms with van der Waals surface area (Å²) in [6.45, 7) is 0.535. The second kappa shape index (κ2) is 4.63. The van der Waals surface area contributed by atoms with E-state index in [0.717, 1.165) is 5.69 Å². The first kappa shape index (κ1) is 11.1. The predicted octanol–water partition coefficient (Wildman–Crippen LogP) is 1.52. The van der Waals surface area contributed by atoms with E-state index < -0.39 is 0 Å². The summed E-state index contributed by atoms with van der Waals surface area (Å²) >= 11 is 11.3. The fraction of sp³-hybridized carbons (Fsp3) is 0.250. The van der Waals surface area contributed by atoms with Crippen LogP contribution >= 0.6 is 23.2 Å². The van der Waals surface area contributed by atoms with Crippen molar-refractivity contribution >= 4 is 29.2 Å². The fourth-order valence-electron chi connectivity index (χ4n) is 1.15. The maximum absolute atomic E-state index is 5.64. The molecule has 2 aromatic rings. The number of halogens is 2. The molecule has 0 amide bonds. The molecular weight excluding hydrogens is 251 g/mol. The highest BCUT2D eigenvalue weighted by Crippen LogP contribution is 2.10. The zero-order valence-electron chi connectivity index (χ0n) is 8.35. The molecule has 0 spiro atoms. The summed E-state index contributed by atoms with van der Waals surface area (Å²) < 4.78 is 1.75. The van der Waals surface area contributed by atoms with E-state index in [1.165, 1.54) is 0 Å². The fourth-order valence-corrected chi connectivity index (χ4v) is 1.51. The van der Waals surface area contributed by atoms with E-state index >= 15 is 0 Å². The van der Waals surface area contributed by atoms with Gasteiger partial charge in [0.25, 0.3) is 0 Å². The number of rotatable bonds is 3. The Labute approximate surface area is 102 Å². The standard InChI is InChI=1S/C8H8Cl2N6/c1-16-5(2-3-12-16)4-11-8-14-6(9)13-7(10)15-8/h2-3H,4H2,1H3,(H,11,13,14,15). The quantitative estimate of drug-likeness (QED) is 0.905. The van der Waals surface area contributed by atoms with Crippen molar-refractivity contribution in [3.8, 4) is 0 Å². The predicted molar refractivity (Wildman–Crippen MR) is 60.4 cm³/mol. The Balaban J connectivity index is 2.07. The number of aryl methyl sites for hydroxylation is 1. The van der Waals surface area contributed by atoms with E-state index in [9.17, 15) is 0 Å². The van der Waals surface area contributed by atoms with Gasteiger partial charge in [-0.15, -0.1) is 0 Å². The van der Waals surface area contributed by atoms with Crippen molar-refractivity contribution in [3.05, 3.63) is 28.5 Å². The minimum Gasteiger partial charge on any atom is -0.348 e. The topological polar surface area (TPSA) is 68.5 Å². The van der Waals surface area contributed by atoms with Crippen molar-refractivity contribution in [1.82, 2.24) is 24.7 Å². The molecular formula is C8H8Cl2N6. The maximum Gasteiger partial charge on any atom is 0.228 e. The van der Waals surface area contributed by atoms with Crippen LogP contribution in [0.2, 0.25) is 10.6 Å². The number of nitrogens with one attached hydrogen (secondary N) is 1. The van der Waals surface area contributed by atoms with Gasteiger partial charge in [0.2, 0.25) is 16.5 Å². The Kier molecular flexibility index (Phi) is 3.21. The summed E-state index contributed by atoms with van der Waals surface area (Å²) in [4.78, 5) is 11.4. The molecule has 0 unspecified atom stereocenters. The van der Waals surface area contributed by atoms with Gasteiger partial charge in [-0.3, -0.25) is 4.68 Å². The van der Waals surface area contributed by atoms with Crippen molar-refractivity contribution in [2.24, 2.45) is 7.05 Å². The molecule has 84 valence electrons. The maximum atomic E-state index is 5.64. The van der Waals surface area contributed by atoms with Crippen LogP contribution in [0.5, 0.6) is 0 Å². The van der Waals surface area contributed by atoms with Crippen molar-refractivity contribution < 1.29 is 0 Å². The third kappa shape index (κ3) is 2.59. The van der Waals surface area contributed by atoms with Crippen LogP contribution in [-0.4, -0.2) is 24.7 Å². The molecule has 2 heterocycles. The third-order valence-corrected chi connectivity index (χ3v) is 2.27. The normalized spacial score (nSPS) is 10.4. The summed E-state index contributed by atoms with van der Waals surface area (Å²) in [6.07, 6.45) is 1.71. The molecule has 0 atom stereocenters. The molecule has 0 saturated heterocycles. The zero-order chi connectivity index (χ0) is 11.5. The van der Waals surface area contributed by atoms with Gasteiger partial charge < -0.3 is 5.32 Å². The molecule has 2 rings (SSSR count). The van der Waals surface area contributed by atoms with Crippen LogP contribution in [0.3, 0.4) is 0 Å². The number of hydrogen-bond donors (Lipinski definition) is 1. The first-order valence-electron chi connectivity index (χ1n) is 4.43. The molecule has 0 aliphatic rings. The molecule has 0 saturated carbocycles. The lowest BCUT2D eigenvalue weighted by Crippen LogP contribution is -2.08. The lowest BCUT2D eigenvalue weighted by Gasteiger charge is -2.04. The van der Waals surface area contributed by atoms with Crippen molar-refractivity contribution in [2.75, 3.05) is 5.32 Å². The van der Waals surface area contributed by atoms with Gasteiger partial charge >= 0.3 is 0 Å². The largest absolute Gasteiger partial charge is 0.348 e. The van der Waals surface area contributed by atoms with Crippen LogP contribution in [0.1, 0.15) is 5.69 Å². The van der Waals surface area contributed by atoms with E-state index in [4.69, 9.17) is 23.2 Å². The van der Waals surface area contributed by atoms with Crippen LogP contribution in [0.25, 0.3) is 0 Å². The number of nitrogens with zero attached hydrogens (tertiary/aromatic N) is 5. The molecule has 0 radical (unpaired) electrons. The number of hydrogen-bond acceptors (Lipinski definition) is 5. The van der Waals surface area contributed by atoms with Crippen LogP contribution in [0.4, 0.5) is 5.95 Å². The van der Waals surface area contributed by atoms with Gasteiger partial charge in [0.1, 0.15) is 0 Å². The highest BCUT2D eigenvalue weighted by atomic mass is 35.5. The molecule has 0 bridgehead atoms. The van der Waals surface area contributed by atoms with Crippen LogP contribution < -0.4 is 5.32 Å². The van der Waals surface area contributed by atoms with Gasteiger partial charge in [0.05, 0.1) is 12.2 Å². The van der Waals surface area contributed by atoms with Gasteiger partial charge in [-0.2, -0.15) is 20.1 Å². The summed E-state index contributed by atoms with van der Waals surface area (Å²) in [5.74, 6) is 0.339. The highest BCUT2D eigenvalue weighted by molar-refractivity contribution is 6.31. The van der Waals surface area contributed by atoms with Gasteiger partial charge in [-0.1, -0.05) is 0 Å². The number of aromatic nitrogens is 5.